The van der Waals surface area contributed by atoms with Crippen LogP contribution in [-0.2, 0) is 31.9 Å². The summed E-state index contributed by atoms with van der Waals surface area (Å²) in [6.45, 7) is 1.70. The van der Waals surface area contributed by atoms with E-state index in [4.69, 9.17) is 18.9 Å². The monoisotopic (exact) mass is 443 g/mol. The van der Waals surface area contributed by atoms with Crippen LogP contribution in [0.25, 0.3) is 6.08 Å². The number of hydrogen-bond acceptors (Lipinski definition) is 8. The Labute approximate surface area is 182 Å². The summed E-state index contributed by atoms with van der Waals surface area (Å²) in [7, 11) is 0. The van der Waals surface area contributed by atoms with Crippen LogP contribution in [0.1, 0.15) is 39.7 Å². The Balaban J connectivity index is 1.33. The Morgan fingerprint density at radius 1 is 1.16 bits per heavy atom. The summed E-state index contributed by atoms with van der Waals surface area (Å²) in [5.41, 5.74) is 2.10. The van der Waals surface area contributed by atoms with Crippen LogP contribution in [0.4, 0.5) is 5.00 Å². The van der Waals surface area contributed by atoms with Gasteiger partial charge in [-0.15, -0.1) is 11.3 Å². The Morgan fingerprint density at radius 3 is 2.84 bits per heavy atom. The highest BCUT2D eigenvalue weighted by molar-refractivity contribution is 7.17. The van der Waals surface area contributed by atoms with Gasteiger partial charge in [-0.1, -0.05) is 6.07 Å². The van der Waals surface area contributed by atoms with Crippen LogP contribution >= 0.6 is 11.3 Å². The minimum absolute atomic E-state index is 0.171. The van der Waals surface area contributed by atoms with E-state index in [-0.39, 0.29) is 13.4 Å². The van der Waals surface area contributed by atoms with Crippen molar-refractivity contribution in [1.29, 1.82) is 0 Å². The number of ether oxygens (including phenoxy) is 4. The highest BCUT2D eigenvalue weighted by Crippen LogP contribution is 2.39. The van der Waals surface area contributed by atoms with Gasteiger partial charge in [0.1, 0.15) is 5.00 Å². The largest absolute Gasteiger partial charge is 0.462 e. The van der Waals surface area contributed by atoms with Crippen LogP contribution in [0.5, 0.6) is 11.5 Å². The Hall–Kier alpha value is -3.33. The van der Waals surface area contributed by atoms with Gasteiger partial charge in [-0.2, -0.15) is 0 Å². The molecule has 0 unspecified atom stereocenters. The van der Waals surface area contributed by atoms with Gasteiger partial charge in [-0.3, -0.25) is 4.79 Å². The zero-order chi connectivity index (χ0) is 21.8. The highest BCUT2D eigenvalue weighted by Gasteiger charge is 2.28. The van der Waals surface area contributed by atoms with E-state index in [1.165, 1.54) is 17.4 Å². The van der Waals surface area contributed by atoms with Crippen molar-refractivity contribution >= 4 is 40.3 Å². The molecule has 4 rings (SSSR count). The molecular weight excluding hydrogens is 422 g/mol. The molecule has 8 nitrogen and oxygen atoms in total. The smallest absolute Gasteiger partial charge is 0.341 e. The average Bonchev–Trinajstić information content (AvgIpc) is 3.46. The van der Waals surface area contributed by atoms with E-state index >= 15 is 0 Å². The molecule has 1 aliphatic carbocycles. The first kappa shape index (κ1) is 20.9. The maximum atomic E-state index is 12.3. The summed E-state index contributed by atoms with van der Waals surface area (Å²) in [5.74, 6) is -0.364. The fourth-order valence-electron chi connectivity index (χ4n) is 3.44. The van der Waals surface area contributed by atoms with E-state index in [0.29, 0.717) is 22.1 Å². The lowest BCUT2D eigenvalue weighted by atomic mass is 10.1. The maximum absolute atomic E-state index is 12.3. The van der Waals surface area contributed by atoms with Gasteiger partial charge in [-0.25, -0.2) is 9.59 Å². The lowest BCUT2D eigenvalue weighted by molar-refractivity contribution is -0.142. The van der Waals surface area contributed by atoms with Crippen molar-refractivity contribution in [3.05, 3.63) is 45.8 Å². The van der Waals surface area contributed by atoms with E-state index in [0.717, 1.165) is 35.3 Å². The molecule has 1 N–H and O–H groups in total. The first-order chi connectivity index (χ1) is 15.0. The second-order valence-electron chi connectivity index (χ2n) is 6.88. The van der Waals surface area contributed by atoms with Crippen molar-refractivity contribution < 1.29 is 33.3 Å². The Kier molecular flexibility index (Phi) is 6.22. The van der Waals surface area contributed by atoms with Crippen molar-refractivity contribution in [2.75, 3.05) is 25.3 Å². The fraction of sp³-hybridized carbons (Fsp3) is 0.318. The number of amides is 1. The third kappa shape index (κ3) is 4.72. The number of carbonyl (C=O) groups excluding carboxylic acids is 3. The SMILES string of the molecule is CCOC(=O)c1c(NC(=O)COC(=O)C=Cc2ccc3c(c2)OCO3)sc2c1CCC2. The lowest BCUT2D eigenvalue weighted by Gasteiger charge is -2.08. The van der Waals surface area contributed by atoms with Crippen molar-refractivity contribution in [2.24, 2.45) is 0 Å². The lowest BCUT2D eigenvalue weighted by Crippen LogP contribution is -2.21. The van der Waals surface area contributed by atoms with E-state index in [1.807, 2.05) is 0 Å². The first-order valence-electron chi connectivity index (χ1n) is 9.91. The number of hydrogen-bond donors (Lipinski definition) is 1. The summed E-state index contributed by atoms with van der Waals surface area (Å²) in [6, 6.07) is 5.27. The normalized spacial score (nSPS) is 13.8. The molecule has 2 heterocycles. The molecule has 9 heteroatoms. The van der Waals surface area contributed by atoms with Gasteiger partial charge < -0.3 is 24.3 Å². The topological polar surface area (TPSA) is 100 Å². The highest BCUT2D eigenvalue weighted by atomic mass is 32.1. The molecular formula is C22H21NO7S. The predicted molar refractivity (Wildman–Crippen MR) is 113 cm³/mol. The molecule has 0 atom stereocenters. The summed E-state index contributed by atoms with van der Waals surface area (Å²) in [6.07, 6.45) is 5.44. The van der Waals surface area contributed by atoms with Crippen molar-refractivity contribution in [3.63, 3.8) is 0 Å². The first-order valence-corrected chi connectivity index (χ1v) is 10.7. The number of nitrogens with one attached hydrogen (secondary N) is 1. The van der Waals surface area contributed by atoms with Gasteiger partial charge in [0, 0.05) is 11.0 Å². The molecule has 1 aromatic carbocycles. The van der Waals surface area contributed by atoms with Gasteiger partial charge in [0.05, 0.1) is 12.2 Å². The van der Waals surface area contributed by atoms with Crippen molar-refractivity contribution in [1.82, 2.24) is 0 Å². The maximum Gasteiger partial charge on any atom is 0.341 e. The molecule has 0 saturated carbocycles. The third-order valence-corrected chi connectivity index (χ3v) is 6.02. The van der Waals surface area contributed by atoms with Gasteiger partial charge in [0.2, 0.25) is 6.79 Å². The van der Waals surface area contributed by atoms with E-state index in [9.17, 15) is 14.4 Å². The number of thiophene rings is 1. The molecule has 0 radical (unpaired) electrons. The quantitative estimate of drug-likeness (QED) is 0.517. The molecule has 1 aromatic heterocycles. The Bertz CT molecular complexity index is 1060. The number of fused-ring (bicyclic) bond motifs is 2. The molecule has 1 aliphatic heterocycles. The summed E-state index contributed by atoms with van der Waals surface area (Å²) in [5, 5.41) is 3.13. The molecule has 0 spiro atoms. The molecule has 0 saturated heterocycles. The van der Waals surface area contributed by atoms with Crippen LogP contribution < -0.4 is 14.8 Å². The van der Waals surface area contributed by atoms with E-state index in [1.54, 1.807) is 31.2 Å². The van der Waals surface area contributed by atoms with Crippen molar-refractivity contribution in [2.45, 2.75) is 26.2 Å². The van der Waals surface area contributed by atoms with E-state index < -0.39 is 24.5 Å². The fourth-order valence-corrected chi connectivity index (χ4v) is 4.73. The average molecular weight is 443 g/mol. The summed E-state index contributed by atoms with van der Waals surface area (Å²) < 4.78 is 20.7. The standard InChI is InChI=1S/C22H21NO7S/c1-2-27-22(26)20-14-4-3-5-17(14)31-21(20)23-18(24)11-28-19(25)9-7-13-6-8-15-16(10-13)30-12-29-15/h6-10H,2-5,11-12H2,1H3,(H,23,24). The van der Waals surface area contributed by atoms with Crippen LogP contribution in [0.3, 0.4) is 0 Å². The predicted octanol–water partition coefficient (Wildman–Crippen LogP) is 3.34. The Morgan fingerprint density at radius 2 is 2.00 bits per heavy atom. The molecule has 1 amide bonds. The molecule has 0 fully saturated rings. The van der Waals surface area contributed by atoms with Gasteiger partial charge in [-0.05, 0) is 55.5 Å². The van der Waals surface area contributed by atoms with Crippen LogP contribution in [0, 0.1) is 0 Å². The number of esters is 2. The molecule has 2 aromatic rings. The number of aryl methyl sites for hydroxylation is 1. The second-order valence-corrected chi connectivity index (χ2v) is 7.99. The molecule has 31 heavy (non-hydrogen) atoms. The van der Waals surface area contributed by atoms with Crippen LogP contribution in [-0.4, -0.2) is 37.9 Å². The van der Waals surface area contributed by atoms with Gasteiger partial charge >= 0.3 is 11.9 Å². The number of rotatable bonds is 7. The molecule has 0 bridgehead atoms. The minimum Gasteiger partial charge on any atom is -0.462 e. The summed E-state index contributed by atoms with van der Waals surface area (Å²) in [4.78, 5) is 37.7. The van der Waals surface area contributed by atoms with Crippen molar-refractivity contribution in [3.8, 4) is 11.5 Å². The third-order valence-electron chi connectivity index (χ3n) is 4.81. The van der Waals surface area contributed by atoms with Gasteiger partial charge in [0.15, 0.2) is 18.1 Å². The van der Waals surface area contributed by atoms with E-state index in [2.05, 4.69) is 5.32 Å². The zero-order valence-electron chi connectivity index (χ0n) is 16.9. The molecule has 2 aliphatic rings. The number of carbonyl (C=O) groups is 3. The second kappa shape index (κ2) is 9.22. The summed E-state index contributed by atoms with van der Waals surface area (Å²) >= 11 is 1.37. The minimum atomic E-state index is -0.660. The number of anilines is 1. The van der Waals surface area contributed by atoms with Gasteiger partial charge in [0.25, 0.3) is 5.91 Å². The number of benzene rings is 1. The molecule has 162 valence electrons. The van der Waals surface area contributed by atoms with Crippen LogP contribution in [0.2, 0.25) is 0 Å². The zero-order valence-corrected chi connectivity index (χ0v) is 17.7. The van der Waals surface area contributed by atoms with Crippen LogP contribution in [0.15, 0.2) is 24.3 Å².